The molecule has 0 spiro atoms. The van der Waals surface area contributed by atoms with Gasteiger partial charge >= 0.3 is 0 Å². The molecule has 0 aliphatic carbocycles. The zero-order valence-electron chi connectivity index (χ0n) is 14.5. The average molecular weight is 357 g/mol. The number of phenolic OH excluding ortho intramolecular Hbond substituents is 1. The number of phenols is 1. The van der Waals surface area contributed by atoms with E-state index >= 15 is 0 Å². The number of hydrogen-bond acceptors (Lipinski definition) is 3. The summed E-state index contributed by atoms with van der Waals surface area (Å²) in [6.07, 6.45) is 1.77. The zero-order chi connectivity index (χ0) is 17.8. The number of pyridine rings is 1. The highest BCUT2D eigenvalue weighted by molar-refractivity contribution is 6.31. The van der Waals surface area contributed by atoms with E-state index < -0.39 is 0 Å². The van der Waals surface area contributed by atoms with Gasteiger partial charge in [-0.2, -0.15) is 0 Å². The third kappa shape index (κ3) is 4.03. The van der Waals surface area contributed by atoms with Crippen molar-refractivity contribution in [3.63, 3.8) is 0 Å². The molecule has 0 unspecified atom stereocenters. The normalized spacial score (nSPS) is 11.2. The summed E-state index contributed by atoms with van der Waals surface area (Å²) < 4.78 is 0. The number of halogens is 1. The maximum absolute atomic E-state index is 10.2. The summed E-state index contributed by atoms with van der Waals surface area (Å²) in [5.41, 5.74) is 3.71. The Morgan fingerprint density at radius 1 is 1.08 bits per heavy atom. The SMILES string of the molecule is CC[NH+](CC)Cc1cc(Nc2ccnc3cc(Cl)ccc23)ccc1O. The molecule has 0 fully saturated rings. The second kappa shape index (κ2) is 7.72. The van der Waals surface area contributed by atoms with Crippen molar-refractivity contribution < 1.29 is 10.0 Å². The second-order valence-electron chi connectivity index (χ2n) is 6.12. The molecule has 1 aromatic heterocycles. The molecule has 0 amide bonds. The van der Waals surface area contributed by atoms with Gasteiger partial charge in [-0.1, -0.05) is 11.6 Å². The molecule has 0 radical (unpaired) electrons. The highest BCUT2D eigenvalue weighted by Crippen LogP contribution is 2.29. The van der Waals surface area contributed by atoms with E-state index in [1.807, 2.05) is 36.4 Å². The first-order valence-corrected chi connectivity index (χ1v) is 8.95. The number of aromatic nitrogens is 1. The molecule has 0 aliphatic rings. The van der Waals surface area contributed by atoms with Crippen LogP contribution in [0.3, 0.4) is 0 Å². The van der Waals surface area contributed by atoms with Gasteiger partial charge < -0.3 is 15.3 Å². The van der Waals surface area contributed by atoms with Gasteiger partial charge in [-0.05, 0) is 56.3 Å². The molecule has 5 heteroatoms. The lowest BCUT2D eigenvalue weighted by Crippen LogP contribution is -3.10. The Kier molecular flexibility index (Phi) is 5.41. The minimum Gasteiger partial charge on any atom is -0.507 e. The zero-order valence-corrected chi connectivity index (χ0v) is 15.3. The lowest BCUT2D eigenvalue weighted by atomic mass is 10.1. The van der Waals surface area contributed by atoms with Gasteiger partial charge in [-0.15, -0.1) is 0 Å². The van der Waals surface area contributed by atoms with Crippen molar-refractivity contribution in [3.8, 4) is 5.75 Å². The van der Waals surface area contributed by atoms with Crippen molar-refractivity contribution in [2.75, 3.05) is 18.4 Å². The topological polar surface area (TPSA) is 49.6 Å². The van der Waals surface area contributed by atoms with Crippen LogP contribution in [-0.4, -0.2) is 23.2 Å². The Hall–Kier alpha value is -2.30. The van der Waals surface area contributed by atoms with Gasteiger partial charge in [0.1, 0.15) is 12.3 Å². The van der Waals surface area contributed by atoms with Crippen molar-refractivity contribution in [2.45, 2.75) is 20.4 Å². The Bertz CT molecular complexity index is 878. The number of nitrogens with one attached hydrogen (secondary N) is 2. The van der Waals surface area contributed by atoms with E-state index in [0.29, 0.717) is 10.8 Å². The fourth-order valence-electron chi connectivity index (χ4n) is 2.96. The van der Waals surface area contributed by atoms with E-state index in [4.69, 9.17) is 11.6 Å². The molecule has 130 valence electrons. The van der Waals surface area contributed by atoms with Crippen molar-refractivity contribution in [1.29, 1.82) is 0 Å². The van der Waals surface area contributed by atoms with E-state index in [2.05, 4.69) is 24.1 Å². The van der Waals surface area contributed by atoms with Crippen LogP contribution in [0.1, 0.15) is 19.4 Å². The lowest BCUT2D eigenvalue weighted by Gasteiger charge is -2.17. The molecular formula is C20H23ClN3O+. The standard InChI is InChI=1S/C20H22ClN3O/c1-3-24(4-2)13-14-11-16(6-8-20(14)25)23-18-9-10-22-19-12-15(21)5-7-17(18)19/h5-12,25H,3-4,13H2,1-2H3,(H,22,23)/p+1. The molecule has 0 saturated heterocycles. The van der Waals surface area contributed by atoms with Crippen molar-refractivity contribution >= 4 is 33.9 Å². The van der Waals surface area contributed by atoms with Crippen LogP contribution < -0.4 is 10.2 Å². The maximum Gasteiger partial charge on any atom is 0.124 e. The van der Waals surface area contributed by atoms with E-state index in [0.717, 1.165) is 47.5 Å². The number of aromatic hydroxyl groups is 1. The summed E-state index contributed by atoms with van der Waals surface area (Å²) in [7, 11) is 0. The highest BCUT2D eigenvalue weighted by Gasteiger charge is 2.11. The first kappa shape index (κ1) is 17.5. The molecule has 0 saturated carbocycles. The van der Waals surface area contributed by atoms with E-state index in [1.54, 1.807) is 12.3 Å². The first-order chi connectivity index (χ1) is 12.1. The van der Waals surface area contributed by atoms with Crippen LogP contribution in [0, 0.1) is 0 Å². The number of fused-ring (bicyclic) bond motifs is 1. The van der Waals surface area contributed by atoms with Crippen LogP contribution in [0.2, 0.25) is 5.02 Å². The third-order valence-corrected chi connectivity index (χ3v) is 4.74. The van der Waals surface area contributed by atoms with Gasteiger partial charge in [0.2, 0.25) is 0 Å². The molecule has 3 aromatic rings. The van der Waals surface area contributed by atoms with Gasteiger partial charge in [0.15, 0.2) is 0 Å². The molecule has 2 aromatic carbocycles. The molecule has 0 aliphatic heterocycles. The van der Waals surface area contributed by atoms with Gasteiger partial charge in [0.25, 0.3) is 0 Å². The largest absolute Gasteiger partial charge is 0.507 e. The Morgan fingerprint density at radius 3 is 2.64 bits per heavy atom. The summed E-state index contributed by atoms with van der Waals surface area (Å²) in [5, 5.41) is 15.3. The minimum absolute atomic E-state index is 0.344. The fourth-order valence-corrected chi connectivity index (χ4v) is 3.13. The Morgan fingerprint density at radius 2 is 1.88 bits per heavy atom. The van der Waals surface area contributed by atoms with Crippen LogP contribution in [-0.2, 0) is 6.54 Å². The van der Waals surface area contributed by atoms with E-state index in [-0.39, 0.29) is 0 Å². The predicted octanol–water partition coefficient (Wildman–Crippen LogP) is 3.76. The van der Waals surface area contributed by atoms with Gasteiger partial charge in [-0.25, -0.2) is 0 Å². The summed E-state index contributed by atoms with van der Waals surface area (Å²) in [6.45, 7) is 7.19. The number of benzene rings is 2. The van der Waals surface area contributed by atoms with E-state index in [1.165, 1.54) is 4.90 Å². The Labute approximate surface area is 153 Å². The summed E-state index contributed by atoms with van der Waals surface area (Å²) in [6, 6.07) is 13.3. The molecule has 25 heavy (non-hydrogen) atoms. The third-order valence-electron chi connectivity index (χ3n) is 4.50. The molecule has 3 N–H and O–H groups in total. The highest BCUT2D eigenvalue weighted by atomic mass is 35.5. The minimum atomic E-state index is 0.344. The average Bonchev–Trinajstić information content (AvgIpc) is 2.62. The quantitative estimate of drug-likeness (QED) is 0.589. The first-order valence-electron chi connectivity index (χ1n) is 8.57. The number of rotatable bonds is 6. The predicted molar refractivity (Wildman–Crippen MR) is 104 cm³/mol. The van der Waals surface area contributed by atoms with Gasteiger partial charge in [0, 0.05) is 33.5 Å². The summed E-state index contributed by atoms with van der Waals surface area (Å²) in [4.78, 5) is 5.80. The van der Waals surface area contributed by atoms with Crippen LogP contribution in [0.4, 0.5) is 11.4 Å². The number of anilines is 2. The molecule has 0 atom stereocenters. The van der Waals surface area contributed by atoms with Gasteiger partial charge in [0.05, 0.1) is 18.6 Å². The van der Waals surface area contributed by atoms with Crippen molar-refractivity contribution in [3.05, 3.63) is 59.2 Å². The lowest BCUT2D eigenvalue weighted by molar-refractivity contribution is -0.910. The van der Waals surface area contributed by atoms with Crippen LogP contribution in [0.15, 0.2) is 48.7 Å². The molecule has 1 heterocycles. The molecule has 4 nitrogen and oxygen atoms in total. The molecular weight excluding hydrogens is 334 g/mol. The van der Waals surface area contributed by atoms with Crippen molar-refractivity contribution in [1.82, 2.24) is 4.98 Å². The maximum atomic E-state index is 10.2. The van der Waals surface area contributed by atoms with Crippen LogP contribution in [0.5, 0.6) is 5.75 Å². The monoisotopic (exact) mass is 356 g/mol. The van der Waals surface area contributed by atoms with Crippen LogP contribution >= 0.6 is 11.6 Å². The Balaban J connectivity index is 1.91. The molecule has 3 rings (SSSR count). The summed E-state index contributed by atoms with van der Waals surface area (Å²) in [5.74, 6) is 0.344. The number of quaternary nitrogens is 1. The van der Waals surface area contributed by atoms with Crippen LogP contribution in [0.25, 0.3) is 10.9 Å². The van der Waals surface area contributed by atoms with E-state index in [9.17, 15) is 5.11 Å². The fraction of sp³-hybridized carbons (Fsp3) is 0.250. The van der Waals surface area contributed by atoms with Crippen molar-refractivity contribution in [2.24, 2.45) is 0 Å². The second-order valence-corrected chi connectivity index (χ2v) is 6.56. The number of nitrogens with zero attached hydrogens (tertiary/aromatic N) is 1. The smallest absolute Gasteiger partial charge is 0.124 e. The van der Waals surface area contributed by atoms with Gasteiger partial charge in [-0.3, -0.25) is 4.98 Å². The molecule has 0 bridgehead atoms. The number of hydrogen-bond donors (Lipinski definition) is 3. The summed E-state index contributed by atoms with van der Waals surface area (Å²) >= 11 is 6.05.